The maximum Gasteiger partial charge on any atom is 0.423 e. The molecule has 0 atom stereocenters. The monoisotopic (exact) mass is 355 g/mol. The molecule has 1 rings (SSSR count). The topological polar surface area (TPSA) is 26.3 Å². The number of carbonyl (C=O) groups excluding carboxylic acids is 1. The summed E-state index contributed by atoms with van der Waals surface area (Å²) in [5, 5.41) is 0. The molecule has 0 aliphatic carbocycles. The minimum Gasteiger partial charge on any atom is -0.416 e. The highest BCUT2D eigenvalue weighted by Crippen LogP contribution is 2.35. The predicted octanol–water partition coefficient (Wildman–Crippen LogP) is 3.42. The smallest absolute Gasteiger partial charge is 0.416 e. The van der Waals surface area contributed by atoms with E-state index in [2.05, 4.69) is 52.5 Å². The number of halogens is 3. The van der Waals surface area contributed by atoms with E-state index in [4.69, 9.17) is 0 Å². The van der Waals surface area contributed by atoms with E-state index in [0.29, 0.717) is 14.7 Å². The van der Waals surface area contributed by atoms with E-state index in [1.54, 1.807) is 12.1 Å². The molecule has 5 heteroatoms. The summed E-state index contributed by atoms with van der Waals surface area (Å²) < 4.78 is 6.86. The van der Waals surface area contributed by atoms with Gasteiger partial charge in [-0.25, -0.2) is 4.79 Å². The Hall–Kier alpha value is 0.130. The van der Waals surface area contributed by atoms with Gasteiger partial charge in [0.1, 0.15) is 0 Å². The van der Waals surface area contributed by atoms with Gasteiger partial charge in [-0.05, 0) is 44.0 Å². The summed E-state index contributed by atoms with van der Waals surface area (Å²) >= 11 is 9.75. The second kappa shape index (κ2) is 4.39. The first kappa shape index (κ1) is 10.2. The average Bonchev–Trinajstić information content (AvgIpc) is 1.96. The van der Waals surface area contributed by atoms with Crippen molar-refractivity contribution in [3.8, 4) is 5.75 Å². The fourth-order valence-electron chi connectivity index (χ4n) is 0.668. The van der Waals surface area contributed by atoms with Crippen LogP contribution in [0.5, 0.6) is 5.75 Å². The molecule has 0 saturated heterocycles. The van der Waals surface area contributed by atoms with Crippen LogP contribution in [0.15, 0.2) is 25.6 Å². The van der Waals surface area contributed by atoms with Crippen LogP contribution in [-0.2, 0) is 4.79 Å². The van der Waals surface area contributed by atoms with Gasteiger partial charge in [0.05, 0.1) is 8.95 Å². The zero-order chi connectivity index (χ0) is 9.14. The number of hydrogen-bond acceptors (Lipinski definition) is 2. The van der Waals surface area contributed by atoms with Crippen LogP contribution < -0.4 is 4.74 Å². The molecule has 0 saturated carbocycles. The minimum atomic E-state index is 0.424. The van der Waals surface area contributed by atoms with Gasteiger partial charge in [0.15, 0.2) is 5.75 Å². The first-order valence-corrected chi connectivity index (χ1v) is 5.21. The molecule has 1 aromatic rings. The number of hydrogen-bond donors (Lipinski definition) is 0. The lowest BCUT2D eigenvalue weighted by Gasteiger charge is -2.03. The van der Waals surface area contributed by atoms with Gasteiger partial charge in [-0.2, -0.15) is 0 Å². The zero-order valence-corrected chi connectivity index (χ0v) is 10.4. The largest absolute Gasteiger partial charge is 0.423 e. The zero-order valence-electron chi connectivity index (χ0n) is 5.61. The van der Waals surface area contributed by atoms with Crippen LogP contribution in [0.3, 0.4) is 0 Å². The van der Waals surface area contributed by atoms with Crippen molar-refractivity contribution in [2.75, 3.05) is 0 Å². The first-order chi connectivity index (χ1) is 5.65. The summed E-state index contributed by atoms with van der Waals surface area (Å²) in [6.07, 6.45) is 0. The summed E-state index contributed by atoms with van der Waals surface area (Å²) in [6.45, 7) is 1.36. The molecule has 0 unspecified atom stereocenters. The molecule has 12 heavy (non-hydrogen) atoms. The summed E-state index contributed by atoms with van der Waals surface area (Å²) in [5.41, 5.74) is 0. The molecule has 0 aliphatic heterocycles. The van der Waals surface area contributed by atoms with Crippen LogP contribution in [0.1, 0.15) is 0 Å². The lowest BCUT2D eigenvalue weighted by molar-refractivity contribution is 0.440. The van der Waals surface area contributed by atoms with Gasteiger partial charge in [0.2, 0.25) is 0 Å². The Morgan fingerprint density at radius 2 is 1.67 bits per heavy atom. The molecule has 0 aromatic heterocycles. The van der Waals surface area contributed by atoms with Crippen molar-refractivity contribution < 1.29 is 9.53 Å². The Kier molecular flexibility index (Phi) is 3.74. The highest BCUT2D eigenvalue weighted by atomic mass is 79.9. The third-order valence-electron chi connectivity index (χ3n) is 1.11. The first-order valence-electron chi connectivity index (χ1n) is 2.83. The molecule has 1 radical (unpaired) electrons. The van der Waals surface area contributed by atoms with Crippen molar-refractivity contribution in [2.24, 2.45) is 0 Å². The molecule has 1 aromatic carbocycles. The Bertz CT molecular complexity index is 289. The fourth-order valence-corrected chi connectivity index (χ4v) is 3.09. The van der Waals surface area contributed by atoms with Gasteiger partial charge < -0.3 is 4.74 Å². The van der Waals surface area contributed by atoms with Gasteiger partial charge in [-0.3, -0.25) is 0 Å². The standard InChI is InChI=1S/C7H2Br3O2/c8-4-1-5(9)7(12-3-11)6(10)2-4/h1-2H. The van der Waals surface area contributed by atoms with Gasteiger partial charge in [0.25, 0.3) is 0 Å². The van der Waals surface area contributed by atoms with E-state index < -0.39 is 0 Å². The van der Waals surface area contributed by atoms with Crippen molar-refractivity contribution in [3.63, 3.8) is 0 Å². The van der Waals surface area contributed by atoms with Gasteiger partial charge >= 0.3 is 6.47 Å². The molecule has 0 spiro atoms. The lowest BCUT2D eigenvalue weighted by Crippen LogP contribution is -1.90. The Morgan fingerprint density at radius 1 is 1.17 bits per heavy atom. The maximum atomic E-state index is 9.96. The van der Waals surface area contributed by atoms with E-state index in [-0.39, 0.29) is 0 Å². The van der Waals surface area contributed by atoms with E-state index in [1.165, 1.54) is 6.47 Å². The van der Waals surface area contributed by atoms with Gasteiger partial charge in [-0.15, -0.1) is 0 Å². The Morgan fingerprint density at radius 3 is 2.08 bits per heavy atom. The number of rotatable bonds is 2. The maximum absolute atomic E-state index is 9.96. The highest BCUT2D eigenvalue weighted by Gasteiger charge is 2.07. The van der Waals surface area contributed by atoms with Crippen LogP contribution in [0.25, 0.3) is 0 Å². The molecule has 0 heterocycles. The van der Waals surface area contributed by atoms with Crippen molar-refractivity contribution in [1.82, 2.24) is 0 Å². The fraction of sp³-hybridized carbons (Fsp3) is 0. The van der Waals surface area contributed by atoms with Crippen LogP contribution in [0.2, 0.25) is 0 Å². The second-order valence-corrected chi connectivity index (χ2v) is 4.51. The van der Waals surface area contributed by atoms with Crippen molar-refractivity contribution >= 4 is 54.3 Å². The molecule has 0 aliphatic rings. The van der Waals surface area contributed by atoms with Crippen molar-refractivity contribution in [1.29, 1.82) is 0 Å². The lowest BCUT2D eigenvalue weighted by atomic mass is 10.3. The summed E-state index contributed by atoms with van der Waals surface area (Å²) in [4.78, 5) is 9.96. The Labute approximate surface area is 94.7 Å². The van der Waals surface area contributed by atoms with Crippen molar-refractivity contribution in [2.45, 2.75) is 0 Å². The predicted molar refractivity (Wildman–Crippen MR) is 55.9 cm³/mol. The molecule has 0 fully saturated rings. The van der Waals surface area contributed by atoms with Gasteiger partial charge in [-0.1, -0.05) is 15.9 Å². The third kappa shape index (κ3) is 2.31. The van der Waals surface area contributed by atoms with Crippen LogP contribution in [0.4, 0.5) is 0 Å². The normalized spacial score (nSPS) is 9.58. The summed E-state index contributed by atoms with van der Waals surface area (Å²) in [5.74, 6) is 0.424. The quantitative estimate of drug-likeness (QED) is 0.810. The van der Waals surface area contributed by atoms with E-state index >= 15 is 0 Å². The van der Waals surface area contributed by atoms with Crippen LogP contribution in [0, 0.1) is 0 Å². The summed E-state index contributed by atoms with van der Waals surface area (Å²) in [6, 6.07) is 3.55. The third-order valence-corrected chi connectivity index (χ3v) is 2.74. The van der Waals surface area contributed by atoms with Gasteiger partial charge in [0, 0.05) is 4.47 Å². The molecule has 2 nitrogen and oxygen atoms in total. The number of ether oxygens (including phenoxy) is 1. The van der Waals surface area contributed by atoms with Crippen LogP contribution >= 0.6 is 47.8 Å². The second-order valence-electron chi connectivity index (χ2n) is 1.88. The highest BCUT2D eigenvalue weighted by molar-refractivity contribution is 9.11. The molecular weight excluding hydrogens is 356 g/mol. The van der Waals surface area contributed by atoms with E-state index in [9.17, 15) is 4.79 Å². The molecule has 63 valence electrons. The Balaban J connectivity index is 3.18. The SMILES string of the molecule is O=[C]Oc1c(Br)cc(Br)cc1Br. The average molecular weight is 358 g/mol. The number of benzene rings is 1. The molecular formula is C7H2Br3O2. The molecule has 0 amide bonds. The van der Waals surface area contributed by atoms with E-state index in [1.807, 2.05) is 0 Å². The molecule has 0 bridgehead atoms. The van der Waals surface area contributed by atoms with Crippen molar-refractivity contribution in [3.05, 3.63) is 25.6 Å². The van der Waals surface area contributed by atoms with Crippen LogP contribution in [-0.4, -0.2) is 6.47 Å². The minimum absolute atomic E-state index is 0.424. The summed E-state index contributed by atoms with van der Waals surface area (Å²) in [7, 11) is 0. The van der Waals surface area contributed by atoms with E-state index in [0.717, 1.165) is 4.47 Å². The molecule has 0 N–H and O–H groups in total.